The number of nitrogens with one attached hydrogen (secondary N) is 1. The predicted octanol–water partition coefficient (Wildman–Crippen LogP) is 2.72. The molecule has 6 nitrogen and oxygen atoms in total. The highest BCUT2D eigenvalue weighted by Crippen LogP contribution is 2.26. The van der Waals surface area contributed by atoms with Crippen molar-refractivity contribution in [2.75, 3.05) is 11.4 Å². The van der Waals surface area contributed by atoms with E-state index >= 15 is 0 Å². The van der Waals surface area contributed by atoms with Gasteiger partial charge in [0.1, 0.15) is 6.54 Å². The molecule has 0 fully saturated rings. The first kappa shape index (κ1) is 18.1. The summed E-state index contributed by atoms with van der Waals surface area (Å²) in [5.41, 5.74) is 2.46. The summed E-state index contributed by atoms with van der Waals surface area (Å²) < 4.78 is 3.75. The highest BCUT2D eigenvalue weighted by Gasteiger charge is 2.26. The van der Waals surface area contributed by atoms with Gasteiger partial charge in [-0.2, -0.15) is 0 Å². The minimum atomic E-state index is -0.366. The van der Waals surface area contributed by atoms with E-state index in [0.29, 0.717) is 0 Å². The monoisotopic (exact) mass is 346 g/mol. The van der Waals surface area contributed by atoms with E-state index in [1.54, 1.807) is 5.38 Å². The van der Waals surface area contributed by atoms with Crippen molar-refractivity contribution < 1.29 is 9.59 Å². The van der Waals surface area contributed by atoms with Crippen LogP contribution in [0.15, 0.2) is 23.6 Å². The number of para-hydroxylation sites is 1. The molecule has 0 unspecified atom stereocenters. The van der Waals surface area contributed by atoms with Crippen LogP contribution in [0.1, 0.15) is 42.4 Å². The fraction of sp³-hybridized carbons (Fsp3) is 0.412. The van der Waals surface area contributed by atoms with Crippen molar-refractivity contribution in [1.29, 1.82) is 0 Å². The van der Waals surface area contributed by atoms with Crippen LogP contribution in [0.3, 0.4) is 0 Å². The van der Waals surface area contributed by atoms with E-state index < -0.39 is 0 Å². The SMILES string of the molecule is Cc1cccc(C)c1N(CC(=O)NC(C)(C)C)C(=O)c1csnn1. The highest BCUT2D eigenvalue weighted by molar-refractivity contribution is 7.03. The van der Waals surface area contributed by atoms with Gasteiger partial charge in [-0.1, -0.05) is 22.7 Å². The standard InChI is InChI=1S/C17H22N4O2S/c1-11-7-6-8-12(2)15(11)21(9-14(22)18-17(3,4)5)16(23)13-10-24-20-19-13/h6-8,10H,9H2,1-5H3,(H,18,22). The number of amides is 2. The highest BCUT2D eigenvalue weighted by atomic mass is 32.1. The summed E-state index contributed by atoms with van der Waals surface area (Å²) in [6, 6.07) is 5.77. The van der Waals surface area contributed by atoms with E-state index in [9.17, 15) is 9.59 Å². The van der Waals surface area contributed by atoms with Crippen LogP contribution in [0.5, 0.6) is 0 Å². The van der Waals surface area contributed by atoms with Gasteiger partial charge in [0.05, 0.1) is 5.69 Å². The van der Waals surface area contributed by atoms with Crippen LogP contribution in [0.2, 0.25) is 0 Å². The molecule has 7 heteroatoms. The first-order valence-corrected chi connectivity index (χ1v) is 8.49. The number of aromatic nitrogens is 2. The predicted molar refractivity (Wildman–Crippen MR) is 95.4 cm³/mol. The number of anilines is 1. The smallest absolute Gasteiger partial charge is 0.280 e. The summed E-state index contributed by atoms with van der Waals surface area (Å²) in [7, 11) is 0. The fourth-order valence-electron chi connectivity index (χ4n) is 2.48. The van der Waals surface area contributed by atoms with Crippen LogP contribution in [0, 0.1) is 13.8 Å². The minimum Gasteiger partial charge on any atom is -0.350 e. The number of nitrogens with zero attached hydrogens (tertiary/aromatic N) is 3. The second-order valence-electron chi connectivity index (χ2n) is 6.72. The number of hydrogen-bond acceptors (Lipinski definition) is 5. The molecule has 2 aromatic rings. The van der Waals surface area contributed by atoms with Crippen molar-refractivity contribution in [1.82, 2.24) is 14.9 Å². The van der Waals surface area contributed by atoms with Crippen molar-refractivity contribution in [2.24, 2.45) is 0 Å². The lowest BCUT2D eigenvalue weighted by molar-refractivity contribution is -0.121. The van der Waals surface area contributed by atoms with Crippen LogP contribution in [-0.2, 0) is 4.79 Å². The number of hydrogen-bond donors (Lipinski definition) is 1. The lowest BCUT2D eigenvalue weighted by Gasteiger charge is -2.27. The Kier molecular flexibility index (Phi) is 5.33. The average Bonchev–Trinajstić information content (AvgIpc) is 2.97. The molecule has 0 saturated carbocycles. The summed E-state index contributed by atoms with van der Waals surface area (Å²) in [6.45, 7) is 9.48. The number of benzene rings is 1. The summed E-state index contributed by atoms with van der Waals surface area (Å²) >= 11 is 1.11. The van der Waals surface area contributed by atoms with Crippen LogP contribution in [0.25, 0.3) is 0 Å². The molecule has 0 aliphatic carbocycles. The van der Waals surface area contributed by atoms with Gasteiger partial charge in [-0.3, -0.25) is 14.5 Å². The summed E-state index contributed by atoms with van der Waals surface area (Å²) in [5.74, 6) is -0.549. The third kappa shape index (κ3) is 4.38. The molecule has 0 atom stereocenters. The molecule has 24 heavy (non-hydrogen) atoms. The first-order chi connectivity index (χ1) is 11.2. The lowest BCUT2D eigenvalue weighted by atomic mass is 10.1. The topological polar surface area (TPSA) is 75.2 Å². The average molecular weight is 346 g/mol. The third-order valence-corrected chi connectivity index (χ3v) is 3.85. The molecule has 1 aromatic heterocycles. The zero-order valence-corrected chi connectivity index (χ0v) is 15.4. The van der Waals surface area contributed by atoms with Gasteiger partial charge in [0, 0.05) is 10.9 Å². The Morgan fingerprint density at radius 3 is 2.33 bits per heavy atom. The van der Waals surface area contributed by atoms with Crippen LogP contribution < -0.4 is 10.2 Å². The molecular formula is C17H22N4O2S. The normalized spacial score (nSPS) is 11.2. The Morgan fingerprint density at radius 1 is 1.21 bits per heavy atom. The molecule has 0 aliphatic rings. The summed E-state index contributed by atoms with van der Waals surface area (Å²) in [6.07, 6.45) is 0. The van der Waals surface area contributed by atoms with Crippen molar-refractivity contribution in [2.45, 2.75) is 40.2 Å². The third-order valence-electron chi connectivity index (χ3n) is 3.35. The number of carbonyl (C=O) groups excluding carboxylic acids is 2. The van der Waals surface area contributed by atoms with Gasteiger partial charge >= 0.3 is 0 Å². The molecule has 0 saturated heterocycles. The maximum absolute atomic E-state index is 12.9. The fourth-order valence-corrected chi connectivity index (χ4v) is 2.91. The Balaban J connectivity index is 2.39. The van der Waals surface area contributed by atoms with Gasteiger partial charge in [-0.15, -0.1) is 5.10 Å². The molecule has 0 bridgehead atoms. The molecule has 1 heterocycles. The molecular weight excluding hydrogens is 324 g/mol. The minimum absolute atomic E-state index is 0.0701. The van der Waals surface area contributed by atoms with Crippen molar-refractivity contribution in [3.05, 3.63) is 40.4 Å². The molecule has 2 rings (SSSR count). The Labute approximate surface area is 146 Å². The largest absolute Gasteiger partial charge is 0.350 e. The van der Waals surface area contributed by atoms with E-state index in [2.05, 4.69) is 14.9 Å². The maximum Gasteiger partial charge on any atom is 0.280 e. The molecule has 0 spiro atoms. The van der Waals surface area contributed by atoms with Crippen molar-refractivity contribution in [3.8, 4) is 0 Å². The van der Waals surface area contributed by atoms with E-state index in [4.69, 9.17) is 0 Å². The zero-order chi connectivity index (χ0) is 17.9. The Morgan fingerprint density at radius 2 is 1.83 bits per heavy atom. The first-order valence-electron chi connectivity index (χ1n) is 7.65. The molecule has 1 N–H and O–H groups in total. The number of rotatable bonds is 4. The zero-order valence-electron chi connectivity index (χ0n) is 14.6. The van der Waals surface area contributed by atoms with Crippen LogP contribution in [-0.4, -0.2) is 33.5 Å². The number of aryl methyl sites for hydroxylation is 2. The second kappa shape index (κ2) is 7.09. The van der Waals surface area contributed by atoms with E-state index in [0.717, 1.165) is 28.3 Å². The van der Waals surface area contributed by atoms with Gasteiger partial charge in [0.2, 0.25) is 5.91 Å². The summed E-state index contributed by atoms with van der Waals surface area (Å²) in [4.78, 5) is 26.7. The lowest BCUT2D eigenvalue weighted by Crippen LogP contribution is -2.47. The molecule has 2 amide bonds. The molecule has 1 aromatic carbocycles. The van der Waals surface area contributed by atoms with Crippen LogP contribution in [0.4, 0.5) is 5.69 Å². The van der Waals surface area contributed by atoms with Crippen LogP contribution >= 0.6 is 11.5 Å². The van der Waals surface area contributed by atoms with E-state index in [-0.39, 0.29) is 29.6 Å². The van der Waals surface area contributed by atoms with E-state index in [1.165, 1.54) is 4.90 Å². The summed E-state index contributed by atoms with van der Waals surface area (Å²) in [5, 5.41) is 8.33. The van der Waals surface area contributed by atoms with Gasteiger partial charge in [-0.25, -0.2) is 0 Å². The van der Waals surface area contributed by atoms with Gasteiger partial charge < -0.3 is 5.32 Å². The molecule has 0 aliphatic heterocycles. The van der Waals surface area contributed by atoms with Crippen molar-refractivity contribution in [3.63, 3.8) is 0 Å². The molecule has 128 valence electrons. The van der Waals surface area contributed by atoms with Gasteiger partial charge in [-0.05, 0) is 57.3 Å². The maximum atomic E-state index is 12.9. The second-order valence-corrected chi connectivity index (χ2v) is 7.33. The quantitative estimate of drug-likeness (QED) is 0.923. The van der Waals surface area contributed by atoms with Gasteiger partial charge in [0.15, 0.2) is 5.69 Å². The van der Waals surface area contributed by atoms with E-state index in [1.807, 2.05) is 52.8 Å². The van der Waals surface area contributed by atoms with Gasteiger partial charge in [0.25, 0.3) is 5.91 Å². The van der Waals surface area contributed by atoms with Crippen molar-refractivity contribution >= 4 is 29.0 Å². The Bertz CT molecular complexity index is 715. The number of carbonyl (C=O) groups is 2. The molecule has 0 radical (unpaired) electrons. The Hall–Kier alpha value is -2.28.